The van der Waals surface area contributed by atoms with Gasteiger partial charge in [0.15, 0.2) is 6.61 Å². The molecule has 3 N–H and O–H groups in total. The van der Waals surface area contributed by atoms with Crippen molar-refractivity contribution in [1.29, 1.82) is 0 Å². The van der Waals surface area contributed by atoms with Crippen LogP contribution in [0.15, 0.2) is 66.7 Å². The Balaban J connectivity index is 1.50. The van der Waals surface area contributed by atoms with E-state index in [1.54, 1.807) is 30.3 Å². The average Bonchev–Trinajstić information content (AvgIpc) is 3.23. The number of primary amides is 1. The molecular formula is C23H16ClN3O4S. The first kappa shape index (κ1) is 21.5. The zero-order valence-corrected chi connectivity index (χ0v) is 18.1. The number of ether oxygens (including phenoxy) is 1. The first-order valence-electron chi connectivity index (χ1n) is 9.43. The number of nitrogens with two attached hydrogens (primary N) is 1. The van der Waals surface area contributed by atoms with Gasteiger partial charge in [-0.3, -0.25) is 9.59 Å². The number of pyridine rings is 1. The number of nitrogens with zero attached hydrogens (tertiary/aromatic N) is 1. The Labute approximate surface area is 191 Å². The summed E-state index contributed by atoms with van der Waals surface area (Å²) in [5.41, 5.74) is 7.48. The summed E-state index contributed by atoms with van der Waals surface area (Å²) in [6, 6.07) is 18.5. The molecule has 0 aliphatic carbocycles. The van der Waals surface area contributed by atoms with Gasteiger partial charge in [-0.2, -0.15) is 0 Å². The number of benzene rings is 2. The highest BCUT2D eigenvalue weighted by atomic mass is 35.5. The Kier molecular flexibility index (Phi) is 6.16. The molecule has 0 saturated heterocycles. The minimum absolute atomic E-state index is 0.300. The van der Waals surface area contributed by atoms with Crippen LogP contribution >= 0.6 is 22.9 Å². The van der Waals surface area contributed by atoms with Crippen LogP contribution in [-0.4, -0.2) is 29.4 Å². The third-order valence-corrected chi connectivity index (χ3v) is 5.80. The Hall–Kier alpha value is -3.75. The number of para-hydroxylation sites is 1. The lowest BCUT2D eigenvalue weighted by molar-refractivity contribution is -0.119. The molecule has 0 aliphatic rings. The number of esters is 1. The second-order valence-corrected chi connectivity index (χ2v) is 8.46. The van der Waals surface area contributed by atoms with E-state index in [2.05, 4.69) is 10.3 Å². The zero-order chi connectivity index (χ0) is 22.7. The molecule has 0 fully saturated rings. The van der Waals surface area contributed by atoms with E-state index in [0.717, 1.165) is 4.88 Å². The Morgan fingerprint density at radius 3 is 2.47 bits per heavy atom. The van der Waals surface area contributed by atoms with Crippen LogP contribution in [-0.2, 0) is 9.53 Å². The van der Waals surface area contributed by atoms with Crippen LogP contribution in [0, 0.1) is 0 Å². The fraction of sp³-hybridized carbons (Fsp3) is 0.0435. The predicted molar refractivity (Wildman–Crippen MR) is 124 cm³/mol. The van der Waals surface area contributed by atoms with Crippen LogP contribution in [0.5, 0.6) is 0 Å². The van der Waals surface area contributed by atoms with Gasteiger partial charge in [-0.15, -0.1) is 11.3 Å². The van der Waals surface area contributed by atoms with E-state index in [4.69, 9.17) is 22.1 Å². The van der Waals surface area contributed by atoms with Crippen molar-refractivity contribution in [2.75, 3.05) is 11.9 Å². The van der Waals surface area contributed by atoms with Crippen LogP contribution in [0.1, 0.15) is 20.7 Å². The fourth-order valence-electron chi connectivity index (χ4n) is 3.05. The van der Waals surface area contributed by atoms with Crippen molar-refractivity contribution in [3.05, 3.63) is 82.2 Å². The molecule has 160 valence electrons. The summed E-state index contributed by atoms with van der Waals surface area (Å²) < 4.78 is 5.86. The van der Waals surface area contributed by atoms with Gasteiger partial charge in [0.1, 0.15) is 0 Å². The highest BCUT2D eigenvalue weighted by Crippen LogP contribution is 2.32. The molecule has 0 unspecified atom stereocenters. The maximum absolute atomic E-state index is 12.8. The summed E-state index contributed by atoms with van der Waals surface area (Å²) in [6.07, 6.45) is 0. The van der Waals surface area contributed by atoms with Crippen LogP contribution in [0.2, 0.25) is 4.34 Å². The summed E-state index contributed by atoms with van der Waals surface area (Å²) in [4.78, 5) is 41.6. The molecule has 4 aromatic rings. The standard InChI is InChI=1S/C23H16ClN3O4S/c24-20-10-9-19(32-20)18-11-16(15-3-1-2-4-17(15)27-18)23(30)31-12-21(28)26-14-7-5-13(6-8-14)22(25)29/h1-11H,12H2,(H2,25,29)(H,26,28). The molecule has 0 saturated carbocycles. The number of carbonyl (C=O) groups excluding carboxylic acids is 3. The largest absolute Gasteiger partial charge is 0.452 e. The minimum atomic E-state index is -0.647. The molecule has 0 bridgehead atoms. The number of aromatic nitrogens is 1. The maximum Gasteiger partial charge on any atom is 0.339 e. The Morgan fingerprint density at radius 1 is 1.03 bits per heavy atom. The number of carbonyl (C=O) groups is 3. The molecular weight excluding hydrogens is 450 g/mol. The third kappa shape index (κ3) is 4.77. The van der Waals surface area contributed by atoms with Crippen molar-refractivity contribution in [1.82, 2.24) is 4.98 Å². The number of hydrogen-bond acceptors (Lipinski definition) is 6. The molecule has 9 heteroatoms. The molecule has 0 spiro atoms. The highest BCUT2D eigenvalue weighted by molar-refractivity contribution is 7.19. The molecule has 2 heterocycles. The van der Waals surface area contributed by atoms with Gasteiger partial charge in [-0.1, -0.05) is 29.8 Å². The number of halogens is 1. The van der Waals surface area contributed by atoms with E-state index >= 15 is 0 Å². The number of thiophene rings is 1. The molecule has 32 heavy (non-hydrogen) atoms. The van der Waals surface area contributed by atoms with Crippen molar-refractivity contribution in [3.63, 3.8) is 0 Å². The second kappa shape index (κ2) is 9.17. The zero-order valence-electron chi connectivity index (χ0n) is 16.5. The van der Waals surface area contributed by atoms with Gasteiger partial charge in [0.2, 0.25) is 5.91 Å². The van der Waals surface area contributed by atoms with E-state index < -0.39 is 24.4 Å². The molecule has 0 aliphatic heterocycles. The first-order chi connectivity index (χ1) is 15.4. The van der Waals surface area contributed by atoms with Crippen LogP contribution < -0.4 is 11.1 Å². The lowest BCUT2D eigenvalue weighted by Gasteiger charge is -2.10. The molecule has 2 aromatic heterocycles. The van der Waals surface area contributed by atoms with E-state index in [1.807, 2.05) is 12.1 Å². The van der Waals surface area contributed by atoms with Gasteiger partial charge in [0.25, 0.3) is 5.91 Å². The Bertz CT molecular complexity index is 1330. The number of amides is 2. The van der Waals surface area contributed by atoms with Gasteiger partial charge in [-0.05, 0) is 48.5 Å². The average molecular weight is 466 g/mol. The predicted octanol–water partition coefficient (Wildman–Crippen LogP) is 4.51. The van der Waals surface area contributed by atoms with Gasteiger partial charge >= 0.3 is 5.97 Å². The maximum atomic E-state index is 12.8. The van der Waals surface area contributed by atoms with Crippen molar-refractivity contribution in [2.24, 2.45) is 5.73 Å². The number of anilines is 1. The summed E-state index contributed by atoms with van der Waals surface area (Å²) >= 11 is 7.39. The van der Waals surface area contributed by atoms with Gasteiger partial charge in [0.05, 0.1) is 26.0 Å². The normalized spacial score (nSPS) is 10.7. The van der Waals surface area contributed by atoms with E-state index in [-0.39, 0.29) is 0 Å². The molecule has 2 aromatic carbocycles. The quantitative estimate of drug-likeness (QED) is 0.407. The number of rotatable bonds is 6. The van der Waals surface area contributed by atoms with Crippen molar-refractivity contribution in [2.45, 2.75) is 0 Å². The smallest absolute Gasteiger partial charge is 0.339 e. The van der Waals surface area contributed by atoms with E-state index in [9.17, 15) is 14.4 Å². The monoisotopic (exact) mass is 465 g/mol. The molecule has 0 radical (unpaired) electrons. The summed E-state index contributed by atoms with van der Waals surface area (Å²) in [6.45, 7) is -0.479. The fourth-order valence-corrected chi connectivity index (χ4v) is 4.05. The number of hydrogen-bond donors (Lipinski definition) is 2. The molecule has 4 rings (SSSR count). The summed E-state index contributed by atoms with van der Waals surface area (Å²) in [5, 5.41) is 3.22. The van der Waals surface area contributed by atoms with Crippen molar-refractivity contribution >= 4 is 57.3 Å². The van der Waals surface area contributed by atoms with Crippen LogP contribution in [0.4, 0.5) is 5.69 Å². The molecule has 7 nitrogen and oxygen atoms in total. The van der Waals surface area contributed by atoms with Gasteiger partial charge < -0.3 is 15.8 Å². The molecule has 2 amide bonds. The Morgan fingerprint density at radius 2 is 1.78 bits per heavy atom. The van der Waals surface area contributed by atoms with Crippen LogP contribution in [0.25, 0.3) is 21.5 Å². The lowest BCUT2D eigenvalue weighted by atomic mass is 10.1. The number of fused-ring (bicyclic) bond motifs is 1. The molecule has 0 atom stereocenters. The third-order valence-electron chi connectivity index (χ3n) is 4.55. The summed E-state index contributed by atoms with van der Waals surface area (Å²) in [7, 11) is 0. The van der Waals surface area contributed by atoms with Crippen LogP contribution in [0.3, 0.4) is 0 Å². The summed E-state index contributed by atoms with van der Waals surface area (Å²) in [5.74, 6) is -1.73. The van der Waals surface area contributed by atoms with E-state index in [1.165, 1.54) is 35.6 Å². The first-order valence-corrected chi connectivity index (χ1v) is 10.6. The van der Waals surface area contributed by atoms with Crippen molar-refractivity contribution < 1.29 is 19.1 Å². The van der Waals surface area contributed by atoms with Gasteiger partial charge in [0, 0.05) is 16.6 Å². The SMILES string of the molecule is NC(=O)c1ccc(NC(=O)COC(=O)c2cc(-c3ccc(Cl)s3)nc3ccccc23)cc1. The van der Waals surface area contributed by atoms with Gasteiger partial charge in [-0.25, -0.2) is 9.78 Å². The van der Waals surface area contributed by atoms with Crippen molar-refractivity contribution in [3.8, 4) is 10.6 Å². The number of nitrogens with one attached hydrogen (secondary N) is 1. The minimum Gasteiger partial charge on any atom is -0.452 e. The van der Waals surface area contributed by atoms with E-state index in [0.29, 0.717) is 37.7 Å². The highest BCUT2D eigenvalue weighted by Gasteiger charge is 2.17. The topological polar surface area (TPSA) is 111 Å². The lowest BCUT2D eigenvalue weighted by Crippen LogP contribution is -2.21. The second-order valence-electron chi connectivity index (χ2n) is 6.74.